The minimum atomic E-state index is -0.517. The summed E-state index contributed by atoms with van der Waals surface area (Å²) in [7, 11) is 1.40. The molecule has 2 aromatic rings. The summed E-state index contributed by atoms with van der Waals surface area (Å²) in [6.45, 7) is 0. The normalized spacial score (nSPS) is 10.1. The molecular formula is C11H10N2O3. The molecule has 0 bridgehead atoms. The Bertz CT molecular complexity index is 599. The molecule has 1 aromatic heterocycles. The zero-order chi connectivity index (χ0) is 11.5. The monoisotopic (exact) mass is 218 g/mol. The fourth-order valence-corrected chi connectivity index (χ4v) is 1.21. The molecular weight excluding hydrogens is 208 g/mol. The van der Waals surface area contributed by atoms with Crippen molar-refractivity contribution in [1.82, 2.24) is 9.30 Å². The molecule has 0 saturated carbocycles. The molecule has 16 heavy (non-hydrogen) atoms. The van der Waals surface area contributed by atoms with E-state index in [-0.39, 0.29) is 5.56 Å². The van der Waals surface area contributed by atoms with Crippen LogP contribution in [-0.2, 0) is 7.05 Å². The molecule has 0 aliphatic rings. The van der Waals surface area contributed by atoms with Gasteiger partial charge in [0, 0.05) is 13.1 Å². The Labute approximate surface area is 91.1 Å². The van der Waals surface area contributed by atoms with Crippen molar-refractivity contribution in [3.05, 3.63) is 63.4 Å². The largest absolute Gasteiger partial charge is 0.371 e. The summed E-state index contributed by atoms with van der Waals surface area (Å²) in [5.41, 5.74) is -0.880. The maximum absolute atomic E-state index is 11.6. The number of hydrogen-bond donors (Lipinski definition) is 0. The highest BCUT2D eigenvalue weighted by atomic mass is 16.7. The van der Waals surface area contributed by atoms with E-state index < -0.39 is 5.69 Å². The van der Waals surface area contributed by atoms with Gasteiger partial charge in [0.05, 0.1) is 6.20 Å². The minimum absolute atomic E-state index is 0.363. The molecule has 0 aliphatic heterocycles. The van der Waals surface area contributed by atoms with Gasteiger partial charge in [-0.3, -0.25) is 9.36 Å². The number of aromatic nitrogens is 2. The molecule has 0 unspecified atom stereocenters. The summed E-state index contributed by atoms with van der Waals surface area (Å²) >= 11 is 0. The van der Waals surface area contributed by atoms with E-state index in [0.29, 0.717) is 5.75 Å². The number of rotatable bonds is 2. The van der Waals surface area contributed by atoms with E-state index in [1.165, 1.54) is 19.3 Å². The van der Waals surface area contributed by atoms with Crippen molar-refractivity contribution >= 4 is 0 Å². The summed E-state index contributed by atoms with van der Waals surface area (Å²) in [6, 6.07) is 10.1. The average molecular weight is 218 g/mol. The molecule has 0 fully saturated rings. The van der Waals surface area contributed by atoms with Crippen molar-refractivity contribution in [2.45, 2.75) is 0 Å². The standard InChI is InChI=1S/C11H10N2O3/c1-12-10(14)7-8-13(11(12)15)16-9-5-3-2-4-6-9/h2-8H,1H3. The van der Waals surface area contributed by atoms with E-state index >= 15 is 0 Å². The Kier molecular flexibility index (Phi) is 2.59. The predicted octanol–water partition coefficient (Wildman–Crippen LogP) is 0.389. The van der Waals surface area contributed by atoms with Gasteiger partial charge in [-0.05, 0) is 12.1 Å². The molecule has 0 saturated heterocycles. The molecule has 2 rings (SSSR count). The second-order valence-electron chi connectivity index (χ2n) is 3.23. The highest BCUT2D eigenvalue weighted by molar-refractivity contribution is 5.20. The topological polar surface area (TPSA) is 53.2 Å². The zero-order valence-corrected chi connectivity index (χ0v) is 8.66. The molecule has 1 heterocycles. The molecule has 1 aromatic carbocycles. The van der Waals surface area contributed by atoms with E-state index in [0.717, 1.165) is 9.30 Å². The van der Waals surface area contributed by atoms with Crippen molar-refractivity contribution in [2.75, 3.05) is 0 Å². The number of benzene rings is 1. The predicted molar refractivity (Wildman–Crippen MR) is 58.4 cm³/mol. The summed E-state index contributed by atoms with van der Waals surface area (Å²) in [5, 5.41) is 0. The molecule has 82 valence electrons. The molecule has 0 amide bonds. The minimum Gasteiger partial charge on any atom is -0.371 e. The van der Waals surface area contributed by atoms with Crippen LogP contribution in [0.2, 0.25) is 0 Å². The number of hydrogen-bond acceptors (Lipinski definition) is 3. The Morgan fingerprint density at radius 3 is 2.44 bits per heavy atom. The first-order valence-corrected chi connectivity index (χ1v) is 4.70. The van der Waals surface area contributed by atoms with Gasteiger partial charge in [0.25, 0.3) is 5.56 Å². The maximum atomic E-state index is 11.6. The van der Waals surface area contributed by atoms with Gasteiger partial charge < -0.3 is 4.84 Å². The maximum Gasteiger partial charge on any atom is 0.364 e. The lowest BCUT2D eigenvalue weighted by atomic mass is 10.3. The van der Waals surface area contributed by atoms with Crippen LogP contribution < -0.4 is 16.1 Å². The van der Waals surface area contributed by atoms with Crippen LogP contribution in [0.4, 0.5) is 0 Å². The van der Waals surface area contributed by atoms with Gasteiger partial charge in [0.15, 0.2) is 5.75 Å². The van der Waals surface area contributed by atoms with Crippen molar-refractivity contribution < 1.29 is 4.84 Å². The molecule has 0 N–H and O–H groups in total. The molecule has 0 atom stereocenters. The quantitative estimate of drug-likeness (QED) is 0.732. The lowest BCUT2D eigenvalue weighted by Gasteiger charge is -2.07. The second kappa shape index (κ2) is 4.06. The molecule has 5 heteroatoms. The van der Waals surface area contributed by atoms with Crippen LogP contribution >= 0.6 is 0 Å². The Balaban J connectivity index is 2.41. The van der Waals surface area contributed by atoms with Crippen molar-refractivity contribution in [3.63, 3.8) is 0 Å². The van der Waals surface area contributed by atoms with Crippen LogP contribution in [0.25, 0.3) is 0 Å². The first kappa shape index (κ1) is 10.2. The lowest BCUT2D eigenvalue weighted by molar-refractivity contribution is 0.194. The second-order valence-corrected chi connectivity index (χ2v) is 3.23. The highest BCUT2D eigenvalue weighted by Crippen LogP contribution is 2.07. The van der Waals surface area contributed by atoms with Crippen LogP contribution in [-0.4, -0.2) is 9.30 Å². The van der Waals surface area contributed by atoms with Crippen LogP contribution in [0, 0.1) is 0 Å². The molecule has 0 aliphatic carbocycles. The van der Waals surface area contributed by atoms with Gasteiger partial charge in [-0.25, -0.2) is 4.79 Å². The summed E-state index contributed by atoms with van der Waals surface area (Å²) in [5.74, 6) is 0.531. The van der Waals surface area contributed by atoms with Crippen LogP contribution in [0.5, 0.6) is 5.75 Å². The van der Waals surface area contributed by atoms with E-state index in [1.54, 1.807) is 24.3 Å². The first-order valence-electron chi connectivity index (χ1n) is 4.70. The van der Waals surface area contributed by atoms with Gasteiger partial charge >= 0.3 is 5.69 Å². The van der Waals surface area contributed by atoms with Crippen LogP contribution in [0.1, 0.15) is 0 Å². The first-order chi connectivity index (χ1) is 7.68. The Hall–Kier alpha value is -2.30. The average Bonchev–Trinajstić information content (AvgIpc) is 2.31. The zero-order valence-electron chi connectivity index (χ0n) is 8.66. The smallest absolute Gasteiger partial charge is 0.364 e. The summed E-state index contributed by atoms with van der Waals surface area (Å²) < 4.78 is 1.99. The third-order valence-electron chi connectivity index (χ3n) is 2.11. The number of para-hydroxylation sites is 1. The van der Waals surface area contributed by atoms with Crippen molar-refractivity contribution in [1.29, 1.82) is 0 Å². The van der Waals surface area contributed by atoms with Gasteiger partial charge in [-0.2, -0.15) is 0 Å². The Morgan fingerprint density at radius 1 is 1.06 bits per heavy atom. The van der Waals surface area contributed by atoms with Crippen molar-refractivity contribution in [2.24, 2.45) is 7.05 Å². The van der Waals surface area contributed by atoms with E-state index in [2.05, 4.69) is 0 Å². The fourth-order valence-electron chi connectivity index (χ4n) is 1.21. The molecule has 0 spiro atoms. The van der Waals surface area contributed by atoms with E-state index in [1.807, 2.05) is 6.07 Å². The third-order valence-corrected chi connectivity index (χ3v) is 2.11. The fraction of sp³-hybridized carbons (Fsp3) is 0.0909. The van der Waals surface area contributed by atoms with Crippen LogP contribution in [0.3, 0.4) is 0 Å². The SMILES string of the molecule is Cn1c(=O)ccn(Oc2ccccc2)c1=O. The van der Waals surface area contributed by atoms with E-state index in [9.17, 15) is 9.59 Å². The van der Waals surface area contributed by atoms with E-state index in [4.69, 9.17) is 4.84 Å². The van der Waals surface area contributed by atoms with Gasteiger partial charge in [-0.1, -0.05) is 18.2 Å². The van der Waals surface area contributed by atoms with Crippen LogP contribution in [0.15, 0.2) is 52.2 Å². The highest BCUT2D eigenvalue weighted by Gasteiger charge is 2.02. The molecule has 0 radical (unpaired) electrons. The molecule has 5 nitrogen and oxygen atoms in total. The van der Waals surface area contributed by atoms with Crippen molar-refractivity contribution in [3.8, 4) is 5.75 Å². The summed E-state index contributed by atoms with van der Waals surface area (Å²) in [6.07, 6.45) is 1.30. The lowest BCUT2D eigenvalue weighted by Crippen LogP contribution is -2.38. The number of nitrogens with zero attached hydrogens (tertiary/aromatic N) is 2. The van der Waals surface area contributed by atoms with Gasteiger partial charge in [0.2, 0.25) is 0 Å². The summed E-state index contributed by atoms with van der Waals surface area (Å²) in [4.78, 5) is 28.0. The third kappa shape index (κ3) is 1.88. The van der Waals surface area contributed by atoms with Gasteiger partial charge in [0.1, 0.15) is 0 Å². The Morgan fingerprint density at radius 2 is 1.75 bits per heavy atom. The van der Waals surface area contributed by atoms with Gasteiger partial charge in [-0.15, -0.1) is 4.73 Å².